The zero-order chi connectivity index (χ0) is 32.2. The summed E-state index contributed by atoms with van der Waals surface area (Å²) in [4.78, 5) is 50.3. The van der Waals surface area contributed by atoms with E-state index in [1.807, 2.05) is 64.1 Å². The van der Waals surface area contributed by atoms with E-state index in [1.54, 1.807) is 24.3 Å². The van der Waals surface area contributed by atoms with Gasteiger partial charge in [-0.2, -0.15) is 0 Å². The largest absolute Gasteiger partial charge is 0.354 e. The summed E-state index contributed by atoms with van der Waals surface area (Å²) >= 11 is 0. The van der Waals surface area contributed by atoms with Crippen LogP contribution in [0.2, 0.25) is 0 Å². The summed E-state index contributed by atoms with van der Waals surface area (Å²) in [6.07, 6.45) is 11.1. The average Bonchev–Trinajstić information content (AvgIpc) is 3.02. The first-order chi connectivity index (χ1) is 21.2. The molecule has 8 nitrogen and oxygen atoms in total. The Bertz CT molecular complexity index is 1030. The SMILES string of the molecule is CC(C)[C@H](NC(=O)c1ccccc1)C(=O)NCCCCCCCCCCCCNC(=O)[C@@H](NC(=O)c1ccccc1)C(C)C. The third kappa shape index (κ3) is 14.2. The molecular formula is C36H54N4O4. The first-order valence-corrected chi connectivity index (χ1v) is 16.5. The van der Waals surface area contributed by atoms with Crippen molar-refractivity contribution in [3.63, 3.8) is 0 Å². The molecule has 2 atom stereocenters. The van der Waals surface area contributed by atoms with Gasteiger partial charge in [-0.1, -0.05) is 115 Å². The summed E-state index contributed by atoms with van der Waals surface area (Å²) in [5.74, 6) is -0.715. The van der Waals surface area contributed by atoms with E-state index < -0.39 is 12.1 Å². The first kappa shape index (κ1) is 36.5. The van der Waals surface area contributed by atoms with E-state index in [9.17, 15) is 19.2 Å². The van der Waals surface area contributed by atoms with Gasteiger partial charge in [-0.25, -0.2) is 0 Å². The maximum atomic E-state index is 12.7. The van der Waals surface area contributed by atoms with Gasteiger partial charge in [0.2, 0.25) is 11.8 Å². The molecule has 0 saturated heterocycles. The third-order valence-corrected chi connectivity index (χ3v) is 7.75. The van der Waals surface area contributed by atoms with E-state index in [0.29, 0.717) is 24.2 Å². The molecule has 44 heavy (non-hydrogen) atoms. The fraction of sp³-hybridized carbons (Fsp3) is 0.556. The predicted molar refractivity (Wildman–Crippen MR) is 177 cm³/mol. The van der Waals surface area contributed by atoms with Crippen molar-refractivity contribution in [3.05, 3.63) is 71.8 Å². The van der Waals surface area contributed by atoms with E-state index in [4.69, 9.17) is 0 Å². The van der Waals surface area contributed by atoms with Gasteiger partial charge in [0.05, 0.1) is 0 Å². The van der Waals surface area contributed by atoms with Crippen LogP contribution in [0, 0.1) is 11.8 Å². The molecule has 0 aromatic heterocycles. The van der Waals surface area contributed by atoms with Gasteiger partial charge in [0, 0.05) is 24.2 Å². The van der Waals surface area contributed by atoms with Gasteiger partial charge in [0.1, 0.15) is 12.1 Å². The Labute approximate surface area is 264 Å². The van der Waals surface area contributed by atoms with Gasteiger partial charge in [0.15, 0.2) is 0 Å². The van der Waals surface area contributed by atoms with Crippen molar-refractivity contribution in [2.45, 2.75) is 104 Å². The number of hydrogen-bond donors (Lipinski definition) is 4. The van der Waals surface area contributed by atoms with Crippen molar-refractivity contribution >= 4 is 23.6 Å². The smallest absolute Gasteiger partial charge is 0.251 e. The number of rotatable bonds is 21. The van der Waals surface area contributed by atoms with Crippen LogP contribution in [0.4, 0.5) is 0 Å². The number of unbranched alkanes of at least 4 members (excludes halogenated alkanes) is 9. The number of amides is 4. The van der Waals surface area contributed by atoms with Gasteiger partial charge in [-0.3, -0.25) is 19.2 Å². The molecule has 0 aliphatic carbocycles. The Balaban J connectivity index is 1.46. The van der Waals surface area contributed by atoms with Crippen LogP contribution in [0.25, 0.3) is 0 Å². The first-order valence-electron chi connectivity index (χ1n) is 16.5. The lowest BCUT2D eigenvalue weighted by molar-refractivity contribution is -0.124. The standard InChI is InChI=1S/C36H54N4O4/c1-27(2)31(39-33(41)29-21-15-13-16-22-29)35(43)37-25-19-11-9-7-5-6-8-10-12-20-26-38-36(44)32(28(3)4)40-34(42)30-23-17-14-18-24-30/h13-18,21-24,27-28,31-32H,5-12,19-20,25-26H2,1-4H3,(H,37,43)(H,38,44)(H,39,41)(H,40,42)/t31-,32-/m0/s1. The monoisotopic (exact) mass is 606 g/mol. The van der Waals surface area contributed by atoms with E-state index in [0.717, 1.165) is 38.5 Å². The number of carbonyl (C=O) groups excluding carboxylic acids is 4. The Kier molecular flexibility index (Phi) is 17.5. The van der Waals surface area contributed by atoms with Crippen molar-refractivity contribution in [1.82, 2.24) is 21.3 Å². The van der Waals surface area contributed by atoms with Crippen LogP contribution >= 0.6 is 0 Å². The maximum Gasteiger partial charge on any atom is 0.251 e. The predicted octanol–water partition coefficient (Wildman–Crippen LogP) is 6.03. The van der Waals surface area contributed by atoms with E-state index in [1.165, 1.54) is 25.7 Å². The second kappa shape index (κ2) is 21.1. The molecule has 0 aliphatic heterocycles. The molecule has 0 bridgehead atoms. The molecule has 4 amide bonds. The van der Waals surface area contributed by atoms with Crippen molar-refractivity contribution in [1.29, 1.82) is 0 Å². The molecule has 0 aliphatic rings. The van der Waals surface area contributed by atoms with Gasteiger partial charge in [0.25, 0.3) is 11.8 Å². The van der Waals surface area contributed by atoms with Crippen LogP contribution in [-0.4, -0.2) is 48.8 Å². The zero-order valence-electron chi connectivity index (χ0n) is 27.2. The summed E-state index contributed by atoms with van der Waals surface area (Å²) in [7, 11) is 0. The molecule has 0 unspecified atom stereocenters. The number of carbonyl (C=O) groups is 4. The normalized spacial score (nSPS) is 12.4. The maximum absolute atomic E-state index is 12.7. The fourth-order valence-corrected chi connectivity index (χ4v) is 5.01. The molecule has 0 radical (unpaired) electrons. The molecule has 4 N–H and O–H groups in total. The lowest BCUT2D eigenvalue weighted by Gasteiger charge is -2.21. The molecule has 2 aromatic carbocycles. The van der Waals surface area contributed by atoms with Gasteiger partial charge < -0.3 is 21.3 Å². The van der Waals surface area contributed by atoms with Crippen LogP contribution in [0.3, 0.4) is 0 Å². The zero-order valence-corrected chi connectivity index (χ0v) is 27.2. The summed E-state index contributed by atoms with van der Waals surface area (Å²) < 4.78 is 0. The van der Waals surface area contributed by atoms with E-state index in [-0.39, 0.29) is 35.5 Å². The molecule has 242 valence electrons. The van der Waals surface area contributed by atoms with Crippen LogP contribution in [0.5, 0.6) is 0 Å². The second-order valence-electron chi connectivity index (χ2n) is 12.2. The van der Waals surface area contributed by atoms with Gasteiger partial charge in [-0.15, -0.1) is 0 Å². The highest BCUT2D eigenvalue weighted by Gasteiger charge is 2.25. The second-order valence-corrected chi connectivity index (χ2v) is 12.2. The Morgan fingerprint density at radius 1 is 0.477 bits per heavy atom. The van der Waals surface area contributed by atoms with Gasteiger partial charge >= 0.3 is 0 Å². The summed E-state index contributed by atoms with van der Waals surface area (Å²) in [6.45, 7) is 8.99. The van der Waals surface area contributed by atoms with Crippen LogP contribution in [-0.2, 0) is 9.59 Å². The minimum absolute atomic E-state index is 0.00179. The molecule has 2 aromatic rings. The summed E-state index contributed by atoms with van der Waals surface area (Å²) in [5, 5.41) is 11.7. The molecule has 2 rings (SSSR count). The van der Waals surface area contributed by atoms with Crippen molar-refractivity contribution in [3.8, 4) is 0 Å². The quantitative estimate of drug-likeness (QED) is 0.130. The highest BCUT2D eigenvalue weighted by atomic mass is 16.2. The molecule has 0 fully saturated rings. The Hall–Kier alpha value is -3.68. The molecule has 0 spiro atoms. The molecule has 0 heterocycles. The fourth-order valence-electron chi connectivity index (χ4n) is 5.01. The highest BCUT2D eigenvalue weighted by Crippen LogP contribution is 2.11. The average molecular weight is 607 g/mol. The summed E-state index contributed by atoms with van der Waals surface area (Å²) in [5.41, 5.74) is 1.11. The lowest BCUT2D eigenvalue weighted by Crippen LogP contribution is -2.49. The van der Waals surface area contributed by atoms with Crippen molar-refractivity contribution in [2.24, 2.45) is 11.8 Å². The van der Waals surface area contributed by atoms with Crippen LogP contribution < -0.4 is 21.3 Å². The highest BCUT2D eigenvalue weighted by molar-refractivity contribution is 5.98. The van der Waals surface area contributed by atoms with E-state index >= 15 is 0 Å². The van der Waals surface area contributed by atoms with Crippen molar-refractivity contribution < 1.29 is 19.2 Å². The Morgan fingerprint density at radius 2 is 0.773 bits per heavy atom. The number of hydrogen-bond acceptors (Lipinski definition) is 4. The topological polar surface area (TPSA) is 116 Å². The summed E-state index contributed by atoms with van der Waals surface area (Å²) in [6, 6.07) is 16.8. The number of benzene rings is 2. The molecule has 8 heteroatoms. The van der Waals surface area contributed by atoms with Crippen LogP contribution in [0.15, 0.2) is 60.7 Å². The minimum Gasteiger partial charge on any atom is -0.354 e. The Morgan fingerprint density at radius 3 is 1.07 bits per heavy atom. The lowest BCUT2D eigenvalue weighted by atomic mass is 10.0. The number of nitrogens with one attached hydrogen (secondary N) is 4. The molecular weight excluding hydrogens is 552 g/mol. The molecule has 0 saturated carbocycles. The third-order valence-electron chi connectivity index (χ3n) is 7.75. The van der Waals surface area contributed by atoms with Crippen LogP contribution in [0.1, 0.15) is 113 Å². The van der Waals surface area contributed by atoms with E-state index in [2.05, 4.69) is 21.3 Å². The van der Waals surface area contributed by atoms with Gasteiger partial charge in [-0.05, 0) is 48.9 Å². The minimum atomic E-state index is -0.552. The van der Waals surface area contributed by atoms with Crippen molar-refractivity contribution in [2.75, 3.05) is 13.1 Å².